The second-order valence-electron chi connectivity index (χ2n) is 5.17. The van der Waals surface area contributed by atoms with Gasteiger partial charge in [-0.2, -0.15) is 0 Å². The third kappa shape index (κ3) is 3.78. The molecule has 0 amide bonds. The van der Waals surface area contributed by atoms with Gasteiger partial charge in [0.15, 0.2) is 9.84 Å². The number of sulfone groups is 1. The highest BCUT2D eigenvalue weighted by atomic mass is 32.2. The highest BCUT2D eigenvalue weighted by Crippen LogP contribution is 2.32. The van der Waals surface area contributed by atoms with Crippen LogP contribution in [0.4, 0.5) is 0 Å². The smallest absolute Gasteiger partial charge is 0.153 e. The molecule has 1 aliphatic carbocycles. The summed E-state index contributed by atoms with van der Waals surface area (Å²) >= 11 is 0. The third-order valence-electron chi connectivity index (χ3n) is 3.73. The molecule has 100 valence electrons. The van der Waals surface area contributed by atoms with E-state index in [1.807, 2.05) is 0 Å². The van der Waals surface area contributed by atoms with Crippen LogP contribution in [0, 0.1) is 11.8 Å². The summed E-state index contributed by atoms with van der Waals surface area (Å²) in [6.45, 7) is 3.84. The summed E-state index contributed by atoms with van der Waals surface area (Å²) in [5, 5.41) is -0.399. The number of rotatable bonds is 6. The molecule has 2 unspecified atom stereocenters. The molecule has 0 radical (unpaired) electrons. The average Bonchev–Trinajstić information content (AvgIpc) is 2.73. The van der Waals surface area contributed by atoms with Crippen LogP contribution in [-0.2, 0) is 14.6 Å². The Bertz CT molecular complexity index is 362. The molecule has 2 atom stereocenters. The molecule has 0 saturated heterocycles. The summed E-state index contributed by atoms with van der Waals surface area (Å²) < 4.78 is 23.2. The molecule has 2 N–H and O–H groups in total. The predicted octanol–water partition coefficient (Wildman–Crippen LogP) is 1.14. The van der Waals surface area contributed by atoms with Crippen molar-refractivity contribution < 1.29 is 13.2 Å². The number of hydrogen-bond donors (Lipinski definition) is 1. The molecule has 17 heavy (non-hydrogen) atoms. The number of carbonyl (C=O) groups is 1. The maximum atomic E-state index is 12.0. The summed E-state index contributed by atoms with van der Waals surface area (Å²) in [6, 6.07) is 0. The Balaban J connectivity index is 2.50. The van der Waals surface area contributed by atoms with Crippen molar-refractivity contribution in [1.29, 1.82) is 0 Å². The standard InChI is InChI=1S/C12H23NO3S/c1-9(2)17(15,16)7-6-12(14)11-5-3-4-10(11)8-13/h9-11H,3-8,13H2,1-2H3. The highest BCUT2D eigenvalue weighted by Gasteiger charge is 2.32. The third-order valence-corrected chi connectivity index (χ3v) is 5.94. The van der Waals surface area contributed by atoms with E-state index < -0.39 is 15.1 Å². The molecule has 0 spiro atoms. The van der Waals surface area contributed by atoms with E-state index in [2.05, 4.69) is 0 Å². The molecule has 4 nitrogen and oxygen atoms in total. The van der Waals surface area contributed by atoms with E-state index >= 15 is 0 Å². The number of ketones is 1. The van der Waals surface area contributed by atoms with Crippen LogP contribution in [0.5, 0.6) is 0 Å². The zero-order valence-electron chi connectivity index (χ0n) is 10.7. The number of hydrogen-bond acceptors (Lipinski definition) is 4. The Kier molecular flexibility index (Phi) is 5.13. The van der Waals surface area contributed by atoms with Crippen molar-refractivity contribution in [3.05, 3.63) is 0 Å². The molecule has 0 aromatic heterocycles. The minimum absolute atomic E-state index is 0.00219. The van der Waals surface area contributed by atoms with Crippen LogP contribution in [0.15, 0.2) is 0 Å². The molecular formula is C12H23NO3S. The average molecular weight is 261 g/mol. The lowest BCUT2D eigenvalue weighted by Crippen LogP contribution is -2.27. The Morgan fingerprint density at radius 1 is 1.35 bits per heavy atom. The molecule has 0 heterocycles. The first kappa shape index (κ1) is 14.6. The first-order valence-electron chi connectivity index (χ1n) is 6.33. The van der Waals surface area contributed by atoms with Gasteiger partial charge in [0.1, 0.15) is 5.78 Å². The highest BCUT2D eigenvalue weighted by molar-refractivity contribution is 7.91. The quantitative estimate of drug-likeness (QED) is 0.778. The first-order chi connectivity index (χ1) is 7.88. The Morgan fingerprint density at radius 2 is 2.00 bits per heavy atom. The summed E-state index contributed by atoms with van der Waals surface area (Å²) in [4.78, 5) is 12.0. The van der Waals surface area contributed by atoms with E-state index in [1.165, 1.54) is 0 Å². The molecule has 0 aromatic carbocycles. The van der Waals surface area contributed by atoms with Crippen LogP contribution in [0.1, 0.15) is 39.5 Å². The zero-order chi connectivity index (χ0) is 13.1. The molecule has 1 aliphatic rings. The maximum absolute atomic E-state index is 12.0. The minimum atomic E-state index is -3.10. The van der Waals surface area contributed by atoms with E-state index in [1.54, 1.807) is 13.8 Å². The van der Waals surface area contributed by atoms with Gasteiger partial charge in [0, 0.05) is 12.3 Å². The summed E-state index contributed by atoms with van der Waals surface area (Å²) in [5.74, 6) is 0.339. The lowest BCUT2D eigenvalue weighted by atomic mass is 9.91. The van der Waals surface area contributed by atoms with Crippen molar-refractivity contribution in [1.82, 2.24) is 0 Å². The van der Waals surface area contributed by atoms with Gasteiger partial charge in [-0.15, -0.1) is 0 Å². The Hall–Kier alpha value is -0.420. The van der Waals surface area contributed by atoms with Crippen molar-refractivity contribution in [2.75, 3.05) is 12.3 Å². The van der Waals surface area contributed by atoms with E-state index in [0.29, 0.717) is 6.54 Å². The zero-order valence-corrected chi connectivity index (χ0v) is 11.5. The molecule has 0 bridgehead atoms. The molecule has 1 saturated carbocycles. The molecular weight excluding hydrogens is 238 g/mol. The lowest BCUT2D eigenvalue weighted by molar-refractivity contribution is -0.123. The van der Waals surface area contributed by atoms with E-state index in [4.69, 9.17) is 5.73 Å². The van der Waals surface area contributed by atoms with Crippen molar-refractivity contribution in [2.24, 2.45) is 17.6 Å². The summed E-state index contributed by atoms with van der Waals surface area (Å²) in [6.07, 6.45) is 3.07. The van der Waals surface area contributed by atoms with Gasteiger partial charge in [0.05, 0.1) is 11.0 Å². The second-order valence-corrected chi connectivity index (χ2v) is 7.84. The fourth-order valence-corrected chi connectivity index (χ4v) is 3.36. The fourth-order valence-electron chi connectivity index (χ4n) is 2.41. The molecule has 1 rings (SSSR count). The van der Waals surface area contributed by atoms with E-state index in [0.717, 1.165) is 19.3 Å². The Labute approximate surface area is 104 Å². The lowest BCUT2D eigenvalue weighted by Gasteiger charge is -2.16. The molecule has 0 aliphatic heterocycles. The molecule has 5 heteroatoms. The van der Waals surface area contributed by atoms with Crippen LogP contribution in [0.3, 0.4) is 0 Å². The van der Waals surface area contributed by atoms with Gasteiger partial charge in [-0.05, 0) is 39.2 Å². The van der Waals surface area contributed by atoms with Gasteiger partial charge in [-0.1, -0.05) is 6.42 Å². The van der Waals surface area contributed by atoms with Crippen molar-refractivity contribution in [3.8, 4) is 0 Å². The summed E-state index contributed by atoms with van der Waals surface area (Å²) in [5.41, 5.74) is 5.62. The van der Waals surface area contributed by atoms with Gasteiger partial charge in [0.2, 0.25) is 0 Å². The van der Waals surface area contributed by atoms with Crippen molar-refractivity contribution >= 4 is 15.6 Å². The normalized spacial score (nSPS) is 25.4. The van der Waals surface area contributed by atoms with Crippen LogP contribution in [0.25, 0.3) is 0 Å². The monoisotopic (exact) mass is 261 g/mol. The largest absolute Gasteiger partial charge is 0.330 e. The SMILES string of the molecule is CC(C)S(=O)(=O)CCC(=O)C1CCCC1CN. The molecule has 0 aromatic rings. The van der Waals surface area contributed by atoms with Crippen LogP contribution in [0.2, 0.25) is 0 Å². The summed E-state index contributed by atoms with van der Waals surface area (Å²) in [7, 11) is -3.10. The number of nitrogens with two attached hydrogens (primary N) is 1. The molecule has 1 fully saturated rings. The topological polar surface area (TPSA) is 77.2 Å². The van der Waals surface area contributed by atoms with Crippen LogP contribution in [-0.4, -0.2) is 31.7 Å². The first-order valence-corrected chi connectivity index (χ1v) is 8.04. The van der Waals surface area contributed by atoms with E-state index in [-0.39, 0.29) is 29.8 Å². The van der Waals surface area contributed by atoms with Gasteiger partial charge in [0.25, 0.3) is 0 Å². The van der Waals surface area contributed by atoms with Gasteiger partial charge >= 0.3 is 0 Å². The predicted molar refractivity (Wildman–Crippen MR) is 68.4 cm³/mol. The van der Waals surface area contributed by atoms with E-state index in [9.17, 15) is 13.2 Å². The minimum Gasteiger partial charge on any atom is -0.330 e. The maximum Gasteiger partial charge on any atom is 0.153 e. The van der Waals surface area contributed by atoms with Crippen LogP contribution >= 0.6 is 0 Å². The fraction of sp³-hybridized carbons (Fsp3) is 0.917. The Morgan fingerprint density at radius 3 is 2.53 bits per heavy atom. The van der Waals surface area contributed by atoms with Gasteiger partial charge < -0.3 is 5.73 Å². The number of carbonyl (C=O) groups excluding carboxylic acids is 1. The number of Topliss-reactive ketones (excluding diaryl/α,β-unsaturated/α-hetero) is 1. The van der Waals surface area contributed by atoms with Crippen molar-refractivity contribution in [2.45, 2.75) is 44.8 Å². The van der Waals surface area contributed by atoms with Gasteiger partial charge in [-0.25, -0.2) is 8.42 Å². The second kappa shape index (κ2) is 5.96. The van der Waals surface area contributed by atoms with Crippen LogP contribution < -0.4 is 5.73 Å². The van der Waals surface area contributed by atoms with Gasteiger partial charge in [-0.3, -0.25) is 4.79 Å². The van der Waals surface area contributed by atoms with Crippen molar-refractivity contribution in [3.63, 3.8) is 0 Å².